The van der Waals surface area contributed by atoms with Crippen LogP contribution in [0.15, 0.2) is 18.3 Å². The van der Waals surface area contributed by atoms with Gasteiger partial charge in [-0.2, -0.15) is 4.39 Å². The van der Waals surface area contributed by atoms with Crippen molar-refractivity contribution in [2.45, 2.75) is 0 Å². The minimum atomic E-state index is -1.33. The number of hydrogen-bond donors (Lipinski definition) is 1. The van der Waals surface area contributed by atoms with E-state index in [1.807, 2.05) is 0 Å². The fraction of sp³-hybridized carbons (Fsp3) is 0.167. The van der Waals surface area contributed by atoms with Crippen LogP contribution < -0.4 is 10.5 Å². The molecule has 0 unspecified atom stereocenters. The number of benzene rings is 1. The maximum Gasteiger partial charge on any atom is 0.284 e. The molecule has 0 saturated heterocycles. The molecule has 0 saturated carbocycles. The fourth-order valence-corrected chi connectivity index (χ4v) is 1.72. The number of aromatic nitrogens is 2. The molecule has 0 radical (unpaired) electrons. The molecule has 0 aliphatic rings. The number of halogens is 3. The molecule has 1 amide bonds. The molecular weight excluding hydrogens is 275 g/mol. The number of carbonyl (C=O) groups is 1. The van der Waals surface area contributed by atoms with Gasteiger partial charge in [-0.1, -0.05) is 0 Å². The number of nitrogens with zero attached hydrogens (tertiary/aromatic N) is 2. The van der Waals surface area contributed by atoms with Crippen LogP contribution in [0.2, 0.25) is 0 Å². The molecule has 5 nitrogen and oxygen atoms in total. The van der Waals surface area contributed by atoms with Crippen LogP contribution in [0.25, 0.3) is 11.3 Å². The van der Waals surface area contributed by atoms with Gasteiger partial charge in [0.15, 0.2) is 17.4 Å². The average molecular weight is 285 g/mol. The quantitative estimate of drug-likeness (QED) is 0.930. The SMILES string of the molecule is Cn1cc(-c2ccc(OCF)c(F)c2F)nc1C(N)=O. The number of imidazole rings is 1. The lowest BCUT2D eigenvalue weighted by atomic mass is 10.1. The van der Waals surface area contributed by atoms with Crippen LogP contribution in [0, 0.1) is 11.6 Å². The Morgan fingerprint density at radius 3 is 2.65 bits per heavy atom. The van der Waals surface area contributed by atoms with Crippen molar-refractivity contribution in [3.63, 3.8) is 0 Å². The molecule has 1 heterocycles. The largest absolute Gasteiger partial charge is 0.460 e. The Hall–Kier alpha value is -2.51. The molecule has 2 aromatic rings. The van der Waals surface area contributed by atoms with E-state index in [1.165, 1.54) is 23.9 Å². The van der Waals surface area contributed by atoms with Gasteiger partial charge in [0, 0.05) is 18.8 Å². The van der Waals surface area contributed by atoms with Crippen molar-refractivity contribution in [3.8, 4) is 17.0 Å². The summed E-state index contributed by atoms with van der Waals surface area (Å²) in [7, 11) is 1.49. The maximum atomic E-state index is 13.9. The van der Waals surface area contributed by atoms with E-state index in [1.54, 1.807) is 0 Å². The van der Waals surface area contributed by atoms with E-state index in [0.29, 0.717) is 0 Å². The molecule has 0 fully saturated rings. The van der Waals surface area contributed by atoms with E-state index in [9.17, 15) is 18.0 Å². The van der Waals surface area contributed by atoms with Crippen molar-refractivity contribution in [1.82, 2.24) is 9.55 Å². The summed E-state index contributed by atoms with van der Waals surface area (Å²) in [4.78, 5) is 14.9. The highest BCUT2D eigenvalue weighted by atomic mass is 19.2. The summed E-state index contributed by atoms with van der Waals surface area (Å²) in [6.45, 7) is -1.27. The van der Waals surface area contributed by atoms with E-state index in [4.69, 9.17) is 5.73 Å². The molecule has 1 aromatic heterocycles. The van der Waals surface area contributed by atoms with Gasteiger partial charge in [0.05, 0.1) is 5.69 Å². The summed E-state index contributed by atoms with van der Waals surface area (Å²) in [5.74, 6) is -4.00. The monoisotopic (exact) mass is 285 g/mol. The van der Waals surface area contributed by atoms with Gasteiger partial charge in [-0.3, -0.25) is 4.79 Å². The molecular formula is C12H10F3N3O2. The number of ether oxygens (including phenoxy) is 1. The summed E-state index contributed by atoms with van der Waals surface area (Å²) in [5.41, 5.74) is 4.93. The number of hydrogen-bond acceptors (Lipinski definition) is 3. The summed E-state index contributed by atoms with van der Waals surface area (Å²) in [6.07, 6.45) is 1.33. The van der Waals surface area contributed by atoms with Gasteiger partial charge in [0.1, 0.15) is 0 Å². The van der Waals surface area contributed by atoms with Gasteiger partial charge in [-0.15, -0.1) is 0 Å². The second-order valence-corrected chi connectivity index (χ2v) is 3.92. The predicted molar refractivity (Wildman–Crippen MR) is 63.7 cm³/mol. The van der Waals surface area contributed by atoms with Crippen LogP contribution in [0.3, 0.4) is 0 Å². The lowest BCUT2D eigenvalue weighted by Crippen LogP contribution is -2.16. The van der Waals surface area contributed by atoms with Gasteiger partial charge in [0.25, 0.3) is 5.91 Å². The predicted octanol–water partition coefficient (Wildman–Crippen LogP) is 1.77. The lowest BCUT2D eigenvalue weighted by Gasteiger charge is -2.06. The Morgan fingerprint density at radius 2 is 2.10 bits per heavy atom. The van der Waals surface area contributed by atoms with Gasteiger partial charge in [0.2, 0.25) is 12.7 Å². The van der Waals surface area contributed by atoms with Gasteiger partial charge >= 0.3 is 0 Å². The number of aryl methyl sites for hydroxylation is 1. The summed E-state index contributed by atoms with van der Waals surface area (Å²) >= 11 is 0. The first-order valence-electron chi connectivity index (χ1n) is 5.46. The normalized spacial score (nSPS) is 10.6. The van der Waals surface area contributed by atoms with Crippen molar-refractivity contribution in [2.24, 2.45) is 12.8 Å². The third-order valence-corrected chi connectivity index (χ3v) is 2.63. The van der Waals surface area contributed by atoms with Crippen LogP contribution in [-0.2, 0) is 7.05 Å². The Labute approximate surface area is 111 Å². The molecule has 0 spiro atoms. The average Bonchev–Trinajstić information content (AvgIpc) is 2.77. The Kier molecular flexibility index (Phi) is 3.64. The van der Waals surface area contributed by atoms with Gasteiger partial charge < -0.3 is 15.0 Å². The molecule has 2 N–H and O–H groups in total. The summed E-state index contributed by atoms with van der Waals surface area (Å²) in [5, 5.41) is 0. The Bertz CT molecular complexity index is 670. The zero-order valence-corrected chi connectivity index (χ0v) is 10.4. The molecule has 0 atom stereocenters. The lowest BCUT2D eigenvalue weighted by molar-refractivity contribution is 0.0987. The van der Waals surface area contributed by atoms with Crippen molar-refractivity contribution in [2.75, 3.05) is 6.86 Å². The van der Waals surface area contributed by atoms with Gasteiger partial charge in [-0.05, 0) is 12.1 Å². The van der Waals surface area contributed by atoms with E-state index >= 15 is 0 Å². The smallest absolute Gasteiger partial charge is 0.284 e. The number of primary amides is 1. The first kappa shape index (κ1) is 13.9. The van der Waals surface area contributed by atoms with Crippen LogP contribution in [-0.4, -0.2) is 22.3 Å². The second-order valence-electron chi connectivity index (χ2n) is 3.92. The highest BCUT2D eigenvalue weighted by Gasteiger charge is 2.19. The minimum Gasteiger partial charge on any atom is -0.460 e. The highest BCUT2D eigenvalue weighted by molar-refractivity contribution is 5.90. The van der Waals surface area contributed by atoms with E-state index in [-0.39, 0.29) is 17.1 Å². The van der Waals surface area contributed by atoms with Crippen molar-refractivity contribution < 1.29 is 22.7 Å². The van der Waals surface area contributed by atoms with Crippen molar-refractivity contribution in [3.05, 3.63) is 35.8 Å². The number of amides is 1. The number of carbonyl (C=O) groups excluding carboxylic acids is 1. The number of nitrogens with two attached hydrogens (primary N) is 1. The first-order valence-corrected chi connectivity index (χ1v) is 5.46. The molecule has 0 bridgehead atoms. The summed E-state index contributed by atoms with van der Waals surface area (Å²) < 4.78 is 45.0. The molecule has 2 rings (SSSR count). The zero-order valence-electron chi connectivity index (χ0n) is 10.4. The minimum absolute atomic E-state index is 0.0319. The second kappa shape index (κ2) is 5.24. The fourth-order valence-electron chi connectivity index (χ4n) is 1.72. The molecule has 8 heteroatoms. The molecule has 20 heavy (non-hydrogen) atoms. The maximum absolute atomic E-state index is 13.9. The van der Waals surface area contributed by atoms with Crippen LogP contribution in [0.4, 0.5) is 13.2 Å². The van der Waals surface area contributed by atoms with E-state index in [2.05, 4.69) is 9.72 Å². The van der Waals surface area contributed by atoms with Crippen molar-refractivity contribution >= 4 is 5.91 Å². The highest BCUT2D eigenvalue weighted by Crippen LogP contribution is 2.29. The van der Waals surface area contributed by atoms with E-state index in [0.717, 1.165) is 6.07 Å². The van der Waals surface area contributed by atoms with Gasteiger partial charge in [-0.25, -0.2) is 13.8 Å². The standard InChI is InChI=1S/C12H10F3N3O2/c1-18-4-7(17-12(18)11(16)19)6-2-3-8(20-5-13)10(15)9(6)14/h2-4H,5H2,1H3,(H2,16,19). The van der Waals surface area contributed by atoms with Crippen LogP contribution >= 0.6 is 0 Å². The van der Waals surface area contributed by atoms with E-state index < -0.39 is 30.2 Å². The first-order chi connectivity index (χ1) is 9.45. The molecule has 0 aliphatic heterocycles. The molecule has 106 valence electrons. The molecule has 1 aromatic carbocycles. The zero-order chi connectivity index (χ0) is 14.9. The molecule has 0 aliphatic carbocycles. The van der Waals surface area contributed by atoms with Crippen LogP contribution in [0.5, 0.6) is 5.75 Å². The Balaban J connectivity index is 2.51. The third kappa shape index (κ3) is 2.31. The third-order valence-electron chi connectivity index (χ3n) is 2.63. The van der Waals surface area contributed by atoms with Crippen LogP contribution in [0.1, 0.15) is 10.6 Å². The Morgan fingerprint density at radius 1 is 1.40 bits per heavy atom. The topological polar surface area (TPSA) is 70.1 Å². The number of alkyl halides is 1. The number of rotatable bonds is 4. The summed E-state index contributed by atoms with van der Waals surface area (Å²) in [6, 6.07) is 2.25. The van der Waals surface area contributed by atoms with Crippen molar-refractivity contribution in [1.29, 1.82) is 0 Å².